The first-order valence-electron chi connectivity index (χ1n) is 7.01. The van der Waals surface area contributed by atoms with Gasteiger partial charge in [0.15, 0.2) is 0 Å². The van der Waals surface area contributed by atoms with Crippen molar-refractivity contribution in [2.45, 2.75) is 26.4 Å². The number of aliphatic imine (C=N–C) groups is 1. The maximum Gasteiger partial charge on any atom is 0.139 e. The lowest BCUT2D eigenvalue weighted by Gasteiger charge is -2.41. The molecule has 4 heteroatoms. The third kappa shape index (κ3) is 2.72. The van der Waals surface area contributed by atoms with Crippen molar-refractivity contribution in [2.75, 3.05) is 33.9 Å². The van der Waals surface area contributed by atoms with Crippen LogP contribution in [0.25, 0.3) is 0 Å². The van der Waals surface area contributed by atoms with Crippen LogP contribution in [0, 0.1) is 13.8 Å². The van der Waals surface area contributed by atoms with E-state index in [0.29, 0.717) is 13.2 Å². The van der Waals surface area contributed by atoms with E-state index in [2.05, 4.69) is 42.8 Å². The van der Waals surface area contributed by atoms with Gasteiger partial charge in [-0.25, -0.2) is 4.99 Å². The Morgan fingerprint density at radius 1 is 1.35 bits per heavy atom. The molecular formula is C16H24N2O2. The monoisotopic (exact) mass is 276 g/mol. The molecule has 2 rings (SSSR count). The zero-order valence-corrected chi connectivity index (χ0v) is 13.1. The molecule has 4 nitrogen and oxygen atoms in total. The highest BCUT2D eigenvalue weighted by Gasteiger charge is 2.41. The van der Waals surface area contributed by atoms with Crippen molar-refractivity contribution in [2.24, 2.45) is 4.99 Å². The maximum absolute atomic E-state index is 5.68. The number of hydrogen-bond acceptors (Lipinski definition) is 3. The van der Waals surface area contributed by atoms with Gasteiger partial charge in [0.05, 0.1) is 25.2 Å². The van der Waals surface area contributed by atoms with Gasteiger partial charge in [-0.2, -0.15) is 0 Å². The van der Waals surface area contributed by atoms with Crippen LogP contribution < -0.4 is 0 Å². The number of nitrogens with zero attached hydrogens (tertiary/aromatic N) is 2. The normalized spacial score (nSPS) is 17.2. The van der Waals surface area contributed by atoms with E-state index >= 15 is 0 Å². The molecule has 110 valence electrons. The van der Waals surface area contributed by atoms with Gasteiger partial charge in [0.25, 0.3) is 0 Å². The van der Waals surface area contributed by atoms with Gasteiger partial charge in [-0.05, 0) is 43.5 Å². The van der Waals surface area contributed by atoms with Gasteiger partial charge in [-0.1, -0.05) is 6.07 Å². The van der Waals surface area contributed by atoms with Crippen molar-refractivity contribution in [1.82, 2.24) is 4.90 Å². The number of ether oxygens (including phenoxy) is 2. The fourth-order valence-corrected chi connectivity index (χ4v) is 2.34. The summed E-state index contributed by atoms with van der Waals surface area (Å²) in [5.41, 5.74) is 4.32. The fraction of sp³-hybridized carbons (Fsp3) is 0.562. The molecule has 0 aromatic heterocycles. The van der Waals surface area contributed by atoms with E-state index in [1.807, 2.05) is 13.4 Å². The van der Waals surface area contributed by atoms with Crippen LogP contribution in [0.15, 0.2) is 17.1 Å². The first kappa shape index (κ1) is 15.0. The quantitative estimate of drug-likeness (QED) is 0.612. The largest absolute Gasteiger partial charge is 0.375 e. The standard InChI is InChI=1S/C16H24N2O2/c1-6-18(4)11-17-15-8-12(2)14(7-13(15)3)16(19-5)9-20-10-16/h7-8,11H,6,9-10H2,1-5H3. The molecule has 0 spiro atoms. The molecule has 1 saturated heterocycles. The number of benzene rings is 1. The van der Waals surface area contributed by atoms with Gasteiger partial charge in [0.1, 0.15) is 5.60 Å². The van der Waals surface area contributed by atoms with Crippen LogP contribution in [0.3, 0.4) is 0 Å². The molecule has 1 fully saturated rings. The summed E-state index contributed by atoms with van der Waals surface area (Å²) in [4.78, 5) is 6.61. The van der Waals surface area contributed by atoms with E-state index in [4.69, 9.17) is 9.47 Å². The van der Waals surface area contributed by atoms with Crippen LogP contribution in [0.4, 0.5) is 5.69 Å². The summed E-state index contributed by atoms with van der Waals surface area (Å²) in [6.07, 6.45) is 1.87. The van der Waals surface area contributed by atoms with Crippen molar-refractivity contribution in [3.63, 3.8) is 0 Å². The SMILES string of the molecule is CCN(C)C=Nc1cc(C)c(C2(OC)COC2)cc1C. The summed E-state index contributed by atoms with van der Waals surface area (Å²) in [6.45, 7) is 8.51. The average molecular weight is 276 g/mol. The predicted molar refractivity (Wildman–Crippen MR) is 81.9 cm³/mol. The van der Waals surface area contributed by atoms with Crippen LogP contribution in [-0.2, 0) is 15.1 Å². The number of hydrogen-bond donors (Lipinski definition) is 0. The van der Waals surface area contributed by atoms with Crippen LogP contribution in [-0.4, -0.2) is 45.2 Å². The van der Waals surface area contributed by atoms with Crippen LogP contribution in [0.5, 0.6) is 0 Å². The summed E-state index contributed by atoms with van der Waals surface area (Å²) >= 11 is 0. The van der Waals surface area contributed by atoms with Gasteiger partial charge in [-0.15, -0.1) is 0 Å². The Hall–Kier alpha value is -1.39. The molecule has 20 heavy (non-hydrogen) atoms. The Bertz CT molecular complexity index is 502. The van der Waals surface area contributed by atoms with E-state index < -0.39 is 0 Å². The lowest BCUT2D eigenvalue weighted by molar-refractivity contribution is -0.202. The first-order valence-corrected chi connectivity index (χ1v) is 7.01. The molecule has 1 aromatic carbocycles. The van der Waals surface area contributed by atoms with Crippen LogP contribution in [0.2, 0.25) is 0 Å². The molecule has 0 amide bonds. The zero-order valence-electron chi connectivity index (χ0n) is 13.1. The Morgan fingerprint density at radius 3 is 2.55 bits per heavy atom. The number of methoxy groups -OCH3 is 1. The lowest BCUT2D eigenvalue weighted by atomic mass is 9.87. The van der Waals surface area contributed by atoms with Gasteiger partial charge >= 0.3 is 0 Å². The van der Waals surface area contributed by atoms with Crippen molar-refractivity contribution < 1.29 is 9.47 Å². The van der Waals surface area contributed by atoms with Gasteiger partial charge in [0, 0.05) is 20.7 Å². The zero-order chi connectivity index (χ0) is 14.8. The summed E-state index contributed by atoms with van der Waals surface area (Å²) in [5, 5.41) is 0. The summed E-state index contributed by atoms with van der Waals surface area (Å²) < 4.78 is 11.0. The molecule has 0 N–H and O–H groups in total. The fourth-order valence-electron chi connectivity index (χ4n) is 2.34. The molecule has 0 saturated carbocycles. The third-order valence-corrected chi connectivity index (χ3v) is 3.99. The van der Waals surface area contributed by atoms with Crippen LogP contribution >= 0.6 is 0 Å². The number of aryl methyl sites for hydroxylation is 2. The third-order valence-electron chi connectivity index (χ3n) is 3.99. The van der Waals surface area contributed by atoms with Crippen molar-refractivity contribution in [1.29, 1.82) is 0 Å². The highest BCUT2D eigenvalue weighted by Crippen LogP contribution is 2.37. The van der Waals surface area contributed by atoms with E-state index in [-0.39, 0.29) is 5.60 Å². The van der Waals surface area contributed by atoms with Gasteiger partial charge in [0.2, 0.25) is 0 Å². The lowest BCUT2D eigenvalue weighted by Crippen LogP contribution is -2.48. The van der Waals surface area contributed by atoms with Gasteiger partial charge in [-0.3, -0.25) is 0 Å². The maximum atomic E-state index is 5.68. The first-order chi connectivity index (χ1) is 9.52. The second-order valence-corrected chi connectivity index (χ2v) is 5.46. The van der Waals surface area contributed by atoms with Gasteiger partial charge < -0.3 is 14.4 Å². The van der Waals surface area contributed by atoms with Crippen molar-refractivity contribution in [3.05, 3.63) is 28.8 Å². The second kappa shape index (κ2) is 5.94. The average Bonchev–Trinajstić information content (AvgIpc) is 2.39. The molecule has 0 bridgehead atoms. The minimum atomic E-state index is -0.267. The molecule has 1 aliphatic heterocycles. The Balaban J connectivity index is 2.31. The molecule has 0 radical (unpaired) electrons. The van der Waals surface area contributed by atoms with E-state index in [1.165, 1.54) is 11.1 Å². The van der Waals surface area contributed by atoms with Crippen molar-refractivity contribution >= 4 is 12.0 Å². The van der Waals surface area contributed by atoms with Crippen molar-refractivity contribution in [3.8, 4) is 0 Å². The van der Waals surface area contributed by atoms with Crippen LogP contribution in [0.1, 0.15) is 23.6 Å². The molecule has 1 aliphatic rings. The van der Waals surface area contributed by atoms with E-state index in [1.54, 1.807) is 7.11 Å². The van der Waals surface area contributed by atoms with E-state index in [9.17, 15) is 0 Å². The minimum absolute atomic E-state index is 0.267. The molecule has 0 unspecified atom stereocenters. The highest BCUT2D eigenvalue weighted by molar-refractivity contribution is 5.64. The Morgan fingerprint density at radius 2 is 2.05 bits per heavy atom. The number of rotatable bonds is 5. The topological polar surface area (TPSA) is 34.1 Å². The summed E-state index contributed by atoms with van der Waals surface area (Å²) in [5.74, 6) is 0. The Labute approximate surface area is 121 Å². The Kier molecular flexibility index (Phi) is 4.45. The molecule has 1 aromatic rings. The molecule has 1 heterocycles. The smallest absolute Gasteiger partial charge is 0.139 e. The highest BCUT2D eigenvalue weighted by atomic mass is 16.6. The molecule has 0 aliphatic carbocycles. The van der Waals surface area contributed by atoms with E-state index in [0.717, 1.165) is 17.8 Å². The molecule has 0 atom stereocenters. The summed E-state index contributed by atoms with van der Waals surface area (Å²) in [6, 6.07) is 4.31. The molecular weight excluding hydrogens is 252 g/mol. The minimum Gasteiger partial charge on any atom is -0.375 e. The predicted octanol–water partition coefficient (Wildman–Crippen LogP) is 2.79. The second-order valence-electron chi connectivity index (χ2n) is 5.46. The summed E-state index contributed by atoms with van der Waals surface area (Å²) in [7, 11) is 3.77.